The fourth-order valence-corrected chi connectivity index (χ4v) is 14.8. The summed E-state index contributed by atoms with van der Waals surface area (Å²) in [4.78, 5) is 2.48. The van der Waals surface area contributed by atoms with Gasteiger partial charge in [0.1, 0.15) is 0 Å². The molecule has 1 aromatic heterocycles. The molecule has 15 rings (SSSR count). The van der Waals surface area contributed by atoms with Gasteiger partial charge in [0.05, 0.1) is 0 Å². The van der Waals surface area contributed by atoms with Crippen LogP contribution in [0.4, 0.5) is 17.1 Å². The molecule has 12 aromatic rings. The Morgan fingerprint density at radius 1 is 0.389 bits per heavy atom. The van der Waals surface area contributed by atoms with Gasteiger partial charge >= 0.3 is 0 Å². The number of hydrogen-bond donors (Lipinski definition) is 0. The maximum Gasteiger partial charge on any atom is 0.0470 e. The molecule has 0 fully saturated rings. The molecule has 1 nitrogen and oxygen atoms in total. The number of rotatable bonds is 6. The highest BCUT2D eigenvalue weighted by Gasteiger charge is 2.48. The van der Waals surface area contributed by atoms with Crippen LogP contribution in [0.1, 0.15) is 53.6 Å². The Bertz CT molecular complexity index is 4190. The first-order valence-corrected chi connectivity index (χ1v) is 26.3. The summed E-state index contributed by atoms with van der Waals surface area (Å²) in [5, 5.41) is 5.26. The van der Waals surface area contributed by atoms with Crippen molar-refractivity contribution in [2.75, 3.05) is 4.90 Å². The van der Waals surface area contributed by atoms with Gasteiger partial charge in [-0.3, -0.25) is 0 Å². The van der Waals surface area contributed by atoms with Crippen LogP contribution in [0, 0.1) is 0 Å². The average Bonchev–Trinajstić information content (AvgIpc) is 4.17. The van der Waals surface area contributed by atoms with E-state index in [0.29, 0.717) is 0 Å². The molecule has 0 saturated carbocycles. The number of fused-ring (bicyclic) bond motifs is 15. The summed E-state index contributed by atoms with van der Waals surface area (Å²) < 4.78 is 2.67. The summed E-state index contributed by atoms with van der Waals surface area (Å²) in [5.74, 6) is 0. The zero-order chi connectivity index (χ0) is 47.7. The topological polar surface area (TPSA) is 3.24 Å². The highest BCUT2D eigenvalue weighted by Crippen LogP contribution is 2.60. The highest BCUT2D eigenvalue weighted by atomic mass is 32.1. The second kappa shape index (κ2) is 15.6. The monoisotopic (exact) mass is 935 g/mol. The molecule has 1 unspecified atom stereocenters. The standard InChI is InChI=1S/C70H49NS/c1-69(2)62-26-11-8-21-56(62)59-24-13-23-58(67(59)69)54-19-7-6-17-51(54)45-29-34-48(35-30-45)71(50-38-40-57-55-20-9-12-27-63(55)70(64(57)43-50)42-41-47-16-4-10-25-61(47)70)49-36-31-46(32-37-49)52-22-14-28-65-66(52)60-39-33-44-15-3-5-18-53(44)68(60)72-65/h3-40,43H,41-42H2,1-2H3. The summed E-state index contributed by atoms with van der Waals surface area (Å²) in [6.45, 7) is 4.77. The Kier molecular flexibility index (Phi) is 8.99. The van der Waals surface area contributed by atoms with Crippen LogP contribution in [0.2, 0.25) is 0 Å². The number of nitrogens with zero attached hydrogens (tertiary/aromatic N) is 1. The largest absolute Gasteiger partial charge is 0.310 e. The van der Waals surface area contributed by atoms with E-state index in [1.807, 2.05) is 11.3 Å². The minimum Gasteiger partial charge on any atom is -0.310 e. The second-order valence-electron chi connectivity index (χ2n) is 20.7. The smallest absolute Gasteiger partial charge is 0.0470 e. The van der Waals surface area contributed by atoms with Crippen LogP contribution in [0.3, 0.4) is 0 Å². The van der Waals surface area contributed by atoms with Crippen molar-refractivity contribution in [3.8, 4) is 55.6 Å². The average molecular weight is 936 g/mol. The summed E-state index contributed by atoms with van der Waals surface area (Å²) >= 11 is 1.90. The zero-order valence-corrected chi connectivity index (χ0v) is 41.1. The fourth-order valence-electron chi connectivity index (χ4n) is 13.5. The molecule has 72 heavy (non-hydrogen) atoms. The van der Waals surface area contributed by atoms with Crippen molar-refractivity contribution >= 4 is 59.3 Å². The number of benzene rings is 11. The molecule has 0 amide bonds. The third kappa shape index (κ3) is 5.88. The van der Waals surface area contributed by atoms with Crippen molar-refractivity contribution in [2.45, 2.75) is 37.5 Å². The predicted octanol–water partition coefficient (Wildman–Crippen LogP) is 19.2. The van der Waals surface area contributed by atoms with E-state index in [9.17, 15) is 0 Å². The van der Waals surface area contributed by atoms with Crippen molar-refractivity contribution in [3.63, 3.8) is 0 Å². The molecule has 1 spiro atoms. The van der Waals surface area contributed by atoms with Gasteiger partial charge in [-0.05, 0) is 155 Å². The Morgan fingerprint density at radius 2 is 0.944 bits per heavy atom. The molecule has 340 valence electrons. The lowest BCUT2D eigenvalue weighted by atomic mass is 9.73. The van der Waals surface area contributed by atoms with E-state index < -0.39 is 0 Å². The Hall–Kier alpha value is -8.30. The molecule has 1 atom stereocenters. The van der Waals surface area contributed by atoms with Crippen molar-refractivity contribution in [2.24, 2.45) is 0 Å². The third-order valence-electron chi connectivity index (χ3n) is 16.7. The number of aryl methyl sites for hydroxylation is 1. The summed E-state index contributed by atoms with van der Waals surface area (Å²) in [6.07, 6.45) is 2.13. The Labute approximate surface area is 425 Å². The Balaban J connectivity index is 0.875. The molecule has 3 aliphatic carbocycles. The maximum atomic E-state index is 2.52. The lowest BCUT2D eigenvalue weighted by molar-refractivity contribution is 0.626. The van der Waals surface area contributed by atoms with E-state index >= 15 is 0 Å². The first kappa shape index (κ1) is 41.5. The fraction of sp³-hybridized carbons (Fsp3) is 0.0857. The second-order valence-corrected chi connectivity index (χ2v) is 21.7. The lowest BCUT2D eigenvalue weighted by Crippen LogP contribution is -2.24. The van der Waals surface area contributed by atoms with E-state index in [1.165, 1.54) is 120 Å². The van der Waals surface area contributed by atoms with E-state index in [1.54, 1.807) is 0 Å². The summed E-state index contributed by atoms with van der Waals surface area (Å²) in [5.41, 5.74) is 24.5. The molecule has 2 heteroatoms. The van der Waals surface area contributed by atoms with E-state index in [0.717, 1.165) is 29.9 Å². The lowest BCUT2D eigenvalue weighted by Gasteiger charge is -2.31. The van der Waals surface area contributed by atoms with E-state index in [4.69, 9.17) is 0 Å². The van der Waals surface area contributed by atoms with Gasteiger partial charge in [0, 0.05) is 48.1 Å². The van der Waals surface area contributed by atoms with Crippen molar-refractivity contribution in [3.05, 3.63) is 270 Å². The number of anilines is 3. The number of thiophene rings is 1. The van der Waals surface area contributed by atoms with E-state index in [-0.39, 0.29) is 10.8 Å². The van der Waals surface area contributed by atoms with Crippen LogP contribution in [-0.4, -0.2) is 0 Å². The van der Waals surface area contributed by atoms with Crippen LogP contribution in [0.25, 0.3) is 86.6 Å². The van der Waals surface area contributed by atoms with Gasteiger partial charge in [0.15, 0.2) is 0 Å². The summed E-state index contributed by atoms with van der Waals surface area (Å²) in [6, 6.07) is 89.3. The minimum atomic E-state index is -0.192. The van der Waals surface area contributed by atoms with Crippen LogP contribution in [0.15, 0.2) is 237 Å². The molecule has 0 N–H and O–H groups in total. The van der Waals surface area contributed by atoms with Crippen LogP contribution in [-0.2, 0) is 17.3 Å². The minimum absolute atomic E-state index is 0.120. The van der Waals surface area contributed by atoms with Gasteiger partial charge in [-0.2, -0.15) is 0 Å². The molecule has 0 radical (unpaired) electrons. The zero-order valence-electron chi connectivity index (χ0n) is 40.3. The molecule has 0 saturated heterocycles. The molecule has 1 heterocycles. The number of hydrogen-bond acceptors (Lipinski definition) is 2. The third-order valence-corrected chi connectivity index (χ3v) is 17.9. The van der Waals surface area contributed by atoms with Gasteiger partial charge in [0.25, 0.3) is 0 Å². The first-order chi connectivity index (χ1) is 35.5. The molecule has 3 aliphatic rings. The normalized spacial score (nSPS) is 15.7. The molecular weight excluding hydrogens is 887 g/mol. The van der Waals surface area contributed by atoms with Crippen LogP contribution < -0.4 is 4.90 Å². The highest BCUT2D eigenvalue weighted by molar-refractivity contribution is 7.26. The van der Waals surface area contributed by atoms with Gasteiger partial charge in [-0.25, -0.2) is 0 Å². The van der Waals surface area contributed by atoms with Crippen molar-refractivity contribution < 1.29 is 0 Å². The summed E-state index contributed by atoms with van der Waals surface area (Å²) in [7, 11) is 0. The van der Waals surface area contributed by atoms with Crippen LogP contribution >= 0.6 is 11.3 Å². The first-order valence-electron chi connectivity index (χ1n) is 25.5. The predicted molar refractivity (Wildman–Crippen MR) is 305 cm³/mol. The molecular formula is C70H49NS. The Morgan fingerprint density at radius 3 is 1.72 bits per heavy atom. The van der Waals surface area contributed by atoms with Gasteiger partial charge in [-0.1, -0.05) is 208 Å². The van der Waals surface area contributed by atoms with Gasteiger partial charge in [-0.15, -0.1) is 11.3 Å². The van der Waals surface area contributed by atoms with Gasteiger partial charge in [0.2, 0.25) is 0 Å². The van der Waals surface area contributed by atoms with E-state index in [2.05, 4.69) is 255 Å². The molecule has 0 bridgehead atoms. The van der Waals surface area contributed by atoms with Crippen LogP contribution in [0.5, 0.6) is 0 Å². The molecule has 0 aliphatic heterocycles. The quantitative estimate of drug-likeness (QED) is 0.161. The SMILES string of the molecule is CC1(C)c2ccccc2-c2cccc(-c3ccccc3-c3ccc(N(c4ccc(-c5cccc6sc7c8ccccc8ccc7c56)cc4)c4ccc5c(c4)C4(CCc6ccccc64)c4ccccc4-5)cc3)c21. The maximum absolute atomic E-state index is 2.52. The van der Waals surface area contributed by atoms with Gasteiger partial charge < -0.3 is 4.90 Å². The van der Waals surface area contributed by atoms with Crippen molar-refractivity contribution in [1.29, 1.82) is 0 Å². The molecule has 11 aromatic carbocycles. The van der Waals surface area contributed by atoms with Crippen molar-refractivity contribution in [1.82, 2.24) is 0 Å².